The Bertz CT molecular complexity index is 417. The van der Waals surface area contributed by atoms with Gasteiger partial charge in [-0.2, -0.15) is 0 Å². The van der Waals surface area contributed by atoms with Crippen molar-refractivity contribution in [1.82, 2.24) is 9.80 Å². The van der Waals surface area contributed by atoms with Crippen molar-refractivity contribution in [3.05, 3.63) is 35.9 Å². The fraction of sp³-hybridized carbons (Fsp3) is 0.562. The largest absolute Gasteiger partial charge is 0.382 e. The standard InChI is InChI=1S/C16H24N2O3/c1-20-11-12-21-14-16(19)18-9-7-17(8-10-18)13-15-5-3-2-4-6-15/h2-6H,7-14H2,1H3. The number of methoxy groups -OCH3 is 1. The molecule has 0 spiro atoms. The molecule has 1 aliphatic heterocycles. The van der Waals surface area contributed by atoms with E-state index in [1.165, 1.54) is 5.56 Å². The summed E-state index contributed by atoms with van der Waals surface area (Å²) in [7, 11) is 1.62. The minimum Gasteiger partial charge on any atom is -0.382 e. The van der Waals surface area contributed by atoms with Gasteiger partial charge in [-0.1, -0.05) is 30.3 Å². The molecule has 1 saturated heterocycles. The molecule has 1 aliphatic rings. The number of ether oxygens (including phenoxy) is 2. The minimum absolute atomic E-state index is 0.0745. The van der Waals surface area contributed by atoms with Crippen LogP contribution < -0.4 is 0 Å². The summed E-state index contributed by atoms with van der Waals surface area (Å²) in [5.74, 6) is 0.0745. The van der Waals surface area contributed by atoms with Gasteiger partial charge in [0, 0.05) is 39.8 Å². The van der Waals surface area contributed by atoms with E-state index in [9.17, 15) is 4.79 Å². The molecule has 0 N–H and O–H groups in total. The average molecular weight is 292 g/mol. The molecule has 1 heterocycles. The van der Waals surface area contributed by atoms with Crippen molar-refractivity contribution in [3.63, 3.8) is 0 Å². The molecule has 5 heteroatoms. The number of carbonyl (C=O) groups is 1. The molecule has 1 aromatic carbocycles. The van der Waals surface area contributed by atoms with E-state index in [0.717, 1.165) is 32.7 Å². The lowest BCUT2D eigenvalue weighted by Crippen LogP contribution is -2.49. The van der Waals surface area contributed by atoms with Crippen molar-refractivity contribution in [2.45, 2.75) is 6.54 Å². The van der Waals surface area contributed by atoms with Gasteiger partial charge in [-0.15, -0.1) is 0 Å². The molecular weight excluding hydrogens is 268 g/mol. The first kappa shape index (κ1) is 15.9. The van der Waals surface area contributed by atoms with Crippen LogP contribution >= 0.6 is 0 Å². The van der Waals surface area contributed by atoms with Crippen LogP contribution in [-0.2, 0) is 20.8 Å². The first-order valence-electron chi connectivity index (χ1n) is 7.40. The Hall–Kier alpha value is -1.43. The molecule has 0 radical (unpaired) electrons. The summed E-state index contributed by atoms with van der Waals surface area (Å²) in [6.07, 6.45) is 0. The molecule has 1 aromatic rings. The summed E-state index contributed by atoms with van der Waals surface area (Å²) in [5, 5.41) is 0. The molecule has 0 bridgehead atoms. The van der Waals surface area contributed by atoms with Crippen LogP contribution in [0.4, 0.5) is 0 Å². The summed E-state index contributed by atoms with van der Waals surface area (Å²) < 4.78 is 10.2. The van der Waals surface area contributed by atoms with Crippen LogP contribution in [0.3, 0.4) is 0 Å². The quantitative estimate of drug-likeness (QED) is 0.703. The van der Waals surface area contributed by atoms with Gasteiger partial charge in [0.15, 0.2) is 0 Å². The number of amides is 1. The van der Waals surface area contributed by atoms with Crippen LogP contribution in [-0.4, -0.2) is 68.8 Å². The number of hydrogen-bond acceptors (Lipinski definition) is 4. The van der Waals surface area contributed by atoms with Crippen LogP contribution in [0.2, 0.25) is 0 Å². The topological polar surface area (TPSA) is 42.0 Å². The summed E-state index contributed by atoms with van der Waals surface area (Å²) >= 11 is 0. The monoisotopic (exact) mass is 292 g/mol. The van der Waals surface area contributed by atoms with Gasteiger partial charge < -0.3 is 14.4 Å². The summed E-state index contributed by atoms with van der Waals surface area (Å²) in [6.45, 7) is 5.49. The van der Waals surface area contributed by atoms with Crippen molar-refractivity contribution in [3.8, 4) is 0 Å². The van der Waals surface area contributed by atoms with Crippen LogP contribution in [0.1, 0.15) is 5.56 Å². The molecule has 1 amide bonds. The van der Waals surface area contributed by atoms with Gasteiger partial charge in [-0.25, -0.2) is 0 Å². The molecule has 0 aliphatic carbocycles. The van der Waals surface area contributed by atoms with Gasteiger partial charge in [0.2, 0.25) is 5.91 Å². The second kappa shape index (κ2) is 8.77. The van der Waals surface area contributed by atoms with Gasteiger partial charge >= 0.3 is 0 Å². The maximum Gasteiger partial charge on any atom is 0.248 e. The van der Waals surface area contributed by atoms with Crippen LogP contribution in [0, 0.1) is 0 Å². The second-order valence-corrected chi connectivity index (χ2v) is 5.19. The average Bonchev–Trinajstić information content (AvgIpc) is 2.53. The molecule has 1 fully saturated rings. The predicted molar refractivity (Wildman–Crippen MR) is 81.0 cm³/mol. The number of rotatable bonds is 7. The lowest BCUT2D eigenvalue weighted by Gasteiger charge is -2.34. The fourth-order valence-corrected chi connectivity index (χ4v) is 2.39. The van der Waals surface area contributed by atoms with E-state index in [1.807, 2.05) is 11.0 Å². The second-order valence-electron chi connectivity index (χ2n) is 5.19. The van der Waals surface area contributed by atoms with Crippen molar-refractivity contribution in [2.75, 3.05) is 53.1 Å². The van der Waals surface area contributed by atoms with Gasteiger partial charge in [0.25, 0.3) is 0 Å². The molecule has 0 saturated carbocycles. The van der Waals surface area contributed by atoms with Crippen molar-refractivity contribution in [2.24, 2.45) is 0 Å². The third-order valence-corrected chi connectivity index (χ3v) is 3.63. The minimum atomic E-state index is 0.0745. The highest BCUT2D eigenvalue weighted by Gasteiger charge is 2.20. The smallest absolute Gasteiger partial charge is 0.248 e. The third-order valence-electron chi connectivity index (χ3n) is 3.63. The molecule has 5 nitrogen and oxygen atoms in total. The molecular formula is C16H24N2O3. The van der Waals surface area contributed by atoms with E-state index >= 15 is 0 Å². The Balaban J connectivity index is 1.67. The Labute approximate surface area is 126 Å². The zero-order valence-electron chi connectivity index (χ0n) is 12.7. The predicted octanol–water partition coefficient (Wildman–Crippen LogP) is 0.994. The molecule has 2 rings (SSSR count). The van der Waals surface area contributed by atoms with E-state index in [2.05, 4.69) is 29.2 Å². The van der Waals surface area contributed by atoms with Crippen molar-refractivity contribution in [1.29, 1.82) is 0 Å². The van der Waals surface area contributed by atoms with Crippen LogP contribution in [0.25, 0.3) is 0 Å². The first-order valence-corrected chi connectivity index (χ1v) is 7.40. The molecule has 116 valence electrons. The van der Waals surface area contributed by atoms with E-state index in [0.29, 0.717) is 13.2 Å². The normalized spacial score (nSPS) is 16.1. The third kappa shape index (κ3) is 5.46. The molecule has 0 aromatic heterocycles. The Morgan fingerprint density at radius 1 is 1.10 bits per heavy atom. The number of hydrogen-bond donors (Lipinski definition) is 0. The first-order chi connectivity index (χ1) is 10.3. The van der Waals surface area contributed by atoms with Gasteiger partial charge in [0.1, 0.15) is 6.61 Å². The zero-order chi connectivity index (χ0) is 14.9. The number of benzene rings is 1. The highest BCUT2D eigenvalue weighted by Crippen LogP contribution is 2.08. The summed E-state index contributed by atoms with van der Waals surface area (Å²) in [5.41, 5.74) is 1.32. The molecule has 21 heavy (non-hydrogen) atoms. The lowest BCUT2D eigenvalue weighted by molar-refractivity contribution is -0.138. The Kier molecular flexibility index (Phi) is 6.66. The van der Waals surface area contributed by atoms with Crippen LogP contribution in [0.5, 0.6) is 0 Å². The van der Waals surface area contributed by atoms with Gasteiger partial charge in [-0.3, -0.25) is 9.69 Å². The Morgan fingerprint density at radius 2 is 1.81 bits per heavy atom. The fourth-order valence-electron chi connectivity index (χ4n) is 2.39. The molecule has 0 unspecified atom stereocenters. The van der Waals surface area contributed by atoms with E-state index in [4.69, 9.17) is 9.47 Å². The van der Waals surface area contributed by atoms with Crippen LogP contribution in [0.15, 0.2) is 30.3 Å². The SMILES string of the molecule is COCCOCC(=O)N1CCN(Cc2ccccc2)CC1. The maximum absolute atomic E-state index is 12.0. The van der Waals surface area contributed by atoms with E-state index in [1.54, 1.807) is 7.11 Å². The Morgan fingerprint density at radius 3 is 2.48 bits per heavy atom. The summed E-state index contributed by atoms with van der Waals surface area (Å²) in [6, 6.07) is 10.4. The number of carbonyl (C=O) groups excluding carboxylic acids is 1. The van der Waals surface area contributed by atoms with Crippen molar-refractivity contribution >= 4 is 5.91 Å². The maximum atomic E-state index is 12.0. The lowest BCUT2D eigenvalue weighted by atomic mass is 10.2. The van der Waals surface area contributed by atoms with Gasteiger partial charge in [0.05, 0.1) is 13.2 Å². The summed E-state index contributed by atoms with van der Waals surface area (Å²) in [4.78, 5) is 16.2. The molecule has 0 atom stereocenters. The number of piperazine rings is 1. The highest BCUT2D eigenvalue weighted by atomic mass is 16.5. The zero-order valence-corrected chi connectivity index (χ0v) is 12.7. The number of nitrogens with zero attached hydrogens (tertiary/aromatic N) is 2. The van der Waals surface area contributed by atoms with Crippen molar-refractivity contribution < 1.29 is 14.3 Å². The van der Waals surface area contributed by atoms with E-state index in [-0.39, 0.29) is 12.5 Å². The van der Waals surface area contributed by atoms with Gasteiger partial charge in [-0.05, 0) is 5.56 Å². The van der Waals surface area contributed by atoms with E-state index < -0.39 is 0 Å². The highest BCUT2D eigenvalue weighted by molar-refractivity contribution is 5.77.